The molecule has 2 aromatic rings. The van der Waals surface area contributed by atoms with Crippen LogP contribution in [0.1, 0.15) is 5.56 Å². The van der Waals surface area contributed by atoms with E-state index in [2.05, 4.69) is 31.9 Å². The normalized spacial score (nSPS) is 10.5. The zero-order chi connectivity index (χ0) is 15.6. The molecular formula is C13H8Br2FNO4. The summed E-state index contributed by atoms with van der Waals surface area (Å²) in [7, 11) is 0. The third kappa shape index (κ3) is 3.58. The lowest BCUT2D eigenvalue weighted by Gasteiger charge is -2.09. The molecule has 21 heavy (non-hydrogen) atoms. The van der Waals surface area contributed by atoms with Gasteiger partial charge in [0, 0.05) is 16.6 Å². The molecular weight excluding hydrogens is 413 g/mol. The van der Waals surface area contributed by atoms with Gasteiger partial charge in [-0.15, -0.1) is 0 Å². The van der Waals surface area contributed by atoms with Crippen LogP contribution in [0.15, 0.2) is 39.3 Å². The molecule has 2 rings (SSSR count). The van der Waals surface area contributed by atoms with E-state index < -0.39 is 10.7 Å². The summed E-state index contributed by atoms with van der Waals surface area (Å²) in [6, 6.07) is 6.65. The van der Waals surface area contributed by atoms with Gasteiger partial charge in [0.2, 0.25) is 5.75 Å². The second-order valence-corrected chi connectivity index (χ2v) is 5.71. The van der Waals surface area contributed by atoms with Gasteiger partial charge in [-0.05, 0) is 33.6 Å². The zero-order valence-electron chi connectivity index (χ0n) is 10.3. The van der Waals surface area contributed by atoms with E-state index >= 15 is 0 Å². The van der Waals surface area contributed by atoms with Crippen LogP contribution in [-0.2, 0) is 6.61 Å². The van der Waals surface area contributed by atoms with E-state index in [0.29, 0.717) is 10.0 Å². The Morgan fingerprint density at radius 2 is 1.95 bits per heavy atom. The standard InChI is InChI=1S/C13H8Br2FNO4/c14-9-3-8(2-1-7(9)6-18)21-13-5-11(16)10(15)4-12(13)17(19)20/h1-5,18H,6H2. The van der Waals surface area contributed by atoms with E-state index in [-0.39, 0.29) is 28.3 Å². The van der Waals surface area contributed by atoms with Crippen LogP contribution in [0.25, 0.3) is 0 Å². The molecule has 0 aliphatic heterocycles. The molecule has 0 atom stereocenters. The van der Waals surface area contributed by atoms with Crippen molar-refractivity contribution < 1.29 is 19.2 Å². The summed E-state index contributed by atoms with van der Waals surface area (Å²) in [5.41, 5.74) is 0.282. The number of benzene rings is 2. The van der Waals surface area contributed by atoms with Crippen LogP contribution in [0.2, 0.25) is 0 Å². The molecule has 8 heteroatoms. The van der Waals surface area contributed by atoms with Crippen molar-refractivity contribution in [2.24, 2.45) is 0 Å². The molecule has 0 aliphatic rings. The number of nitro groups is 1. The van der Waals surface area contributed by atoms with Gasteiger partial charge in [-0.25, -0.2) is 4.39 Å². The number of aliphatic hydroxyl groups excluding tert-OH is 1. The number of nitro benzene ring substituents is 1. The Kier molecular flexibility index (Phi) is 4.92. The zero-order valence-corrected chi connectivity index (χ0v) is 13.5. The Bertz CT molecular complexity index is 709. The highest BCUT2D eigenvalue weighted by atomic mass is 79.9. The molecule has 0 spiro atoms. The molecule has 0 heterocycles. The van der Waals surface area contributed by atoms with Crippen LogP contribution in [0.5, 0.6) is 11.5 Å². The number of rotatable bonds is 4. The van der Waals surface area contributed by atoms with Crippen molar-refractivity contribution in [3.63, 3.8) is 0 Å². The first kappa shape index (κ1) is 15.9. The van der Waals surface area contributed by atoms with Crippen molar-refractivity contribution in [1.82, 2.24) is 0 Å². The molecule has 2 aromatic carbocycles. The van der Waals surface area contributed by atoms with Crippen molar-refractivity contribution >= 4 is 37.5 Å². The fourth-order valence-electron chi connectivity index (χ4n) is 1.59. The predicted molar refractivity (Wildman–Crippen MR) is 80.9 cm³/mol. The number of halogens is 3. The Balaban J connectivity index is 2.41. The first-order valence-corrected chi connectivity index (χ1v) is 7.21. The van der Waals surface area contributed by atoms with Crippen LogP contribution in [0.4, 0.5) is 10.1 Å². The first-order chi connectivity index (χ1) is 9.92. The Hall–Kier alpha value is -1.51. The molecule has 5 nitrogen and oxygen atoms in total. The van der Waals surface area contributed by atoms with Gasteiger partial charge < -0.3 is 9.84 Å². The van der Waals surface area contributed by atoms with Crippen LogP contribution >= 0.6 is 31.9 Å². The SMILES string of the molecule is O=[N+]([O-])c1cc(Br)c(F)cc1Oc1ccc(CO)c(Br)c1. The summed E-state index contributed by atoms with van der Waals surface area (Å²) in [6.45, 7) is -0.159. The van der Waals surface area contributed by atoms with Gasteiger partial charge in [0.05, 0.1) is 16.0 Å². The minimum absolute atomic E-state index is 0.0154. The van der Waals surface area contributed by atoms with Crippen molar-refractivity contribution in [3.05, 3.63) is 60.8 Å². The van der Waals surface area contributed by atoms with E-state index in [4.69, 9.17) is 9.84 Å². The Labute approximate surface area is 135 Å². The molecule has 0 fully saturated rings. The van der Waals surface area contributed by atoms with E-state index in [9.17, 15) is 14.5 Å². The number of hydrogen-bond donors (Lipinski definition) is 1. The fourth-order valence-corrected chi connectivity index (χ4v) is 2.40. The Morgan fingerprint density at radius 3 is 2.52 bits per heavy atom. The lowest BCUT2D eigenvalue weighted by Crippen LogP contribution is -1.96. The number of ether oxygens (including phenoxy) is 1. The predicted octanol–water partition coefficient (Wildman–Crippen LogP) is 4.54. The van der Waals surface area contributed by atoms with Gasteiger partial charge in [0.1, 0.15) is 11.6 Å². The largest absolute Gasteiger partial charge is 0.450 e. The first-order valence-electron chi connectivity index (χ1n) is 5.63. The van der Waals surface area contributed by atoms with E-state index in [1.165, 1.54) is 12.1 Å². The fraction of sp³-hybridized carbons (Fsp3) is 0.0769. The summed E-state index contributed by atoms with van der Waals surface area (Å²) in [5, 5.41) is 20.1. The van der Waals surface area contributed by atoms with Gasteiger partial charge in [0.25, 0.3) is 0 Å². The van der Waals surface area contributed by atoms with Crippen molar-refractivity contribution in [2.75, 3.05) is 0 Å². The summed E-state index contributed by atoms with van der Waals surface area (Å²) in [5.74, 6) is -0.588. The van der Waals surface area contributed by atoms with Crippen LogP contribution in [0.3, 0.4) is 0 Å². The molecule has 0 unspecified atom stereocenters. The topological polar surface area (TPSA) is 72.6 Å². The van der Waals surface area contributed by atoms with Gasteiger partial charge in [-0.2, -0.15) is 0 Å². The van der Waals surface area contributed by atoms with Crippen molar-refractivity contribution in [1.29, 1.82) is 0 Å². The summed E-state index contributed by atoms with van der Waals surface area (Å²) in [6.07, 6.45) is 0. The second kappa shape index (κ2) is 6.50. The minimum atomic E-state index is -0.665. The highest BCUT2D eigenvalue weighted by Crippen LogP contribution is 2.36. The van der Waals surface area contributed by atoms with E-state index in [0.717, 1.165) is 12.1 Å². The molecule has 0 saturated heterocycles. The maximum absolute atomic E-state index is 13.5. The number of hydrogen-bond acceptors (Lipinski definition) is 4. The van der Waals surface area contributed by atoms with Gasteiger partial charge in [-0.3, -0.25) is 10.1 Å². The maximum atomic E-state index is 13.5. The lowest BCUT2D eigenvalue weighted by molar-refractivity contribution is -0.385. The monoisotopic (exact) mass is 419 g/mol. The molecule has 0 bridgehead atoms. The minimum Gasteiger partial charge on any atom is -0.450 e. The van der Waals surface area contributed by atoms with Crippen LogP contribution in [0, 0.1) is 15.9 Å². The van der Waals surface area contributed by atoms with Crippen LogP contribution in [-0.4, -0.2) is 10.0 Å². The quantitative estimate of drug-likeness (QED) is 0.582. The van der Waals surface area contributed by atoms with Crippen LogP contribution < -0.4 is 4.74 Å². The van der Waals surface area contributed by atoms with Crippen molar-refractivity contribution in [3.8, 4) is 11.5 Å². The molecule has 0 saturated carbocycles. The molecule has 110 valence electrons. The van der Waals surface area contributed by atoms with E-state index in [1.54, 1.807) is 6.07 Å². The molecule has 0 aromatic heterocycles. The van der Waals surface area contributed by atoms with Crippen molar-refractivity contribution in [2.45, 2.75) is 6.61 Å². The molecule has 0 amide bonds. The second-order valence-electron chi connectivity index (χ2n) is 4.00. The average Bonchev–Trinajstić information content (AvgIpc) is 2.42. The molecule has 0 radical (unpaired) electrons. The van der Waals surface area contributed by atoms with Gasteiger partial charge in [0.15, 0.2) is 0 Å². The maximum Gasteiger partial charge on any atom is 0.312 e. The summed E-state index contributed by atoms with van der Waals surface area (Å²) in [4.78, 5) is 10.3. The number of aliphatic hydroxyl groups is 1. The highest BCUT2D eigenvalue weighted by molar-refractivity contribution is 9.10. The van der Waals surface area contributed by atoms with Gasteiger partial charge >= 0.3 is 5.69 Å². The third-order valence-electron chi connectivity index (χ3n) is 2.62. The summed E-state index contributed by atoms with van der Waals surface area (Å²) < 4.78 is 19.5. The molecule has 1 N–H and O–H groups in total. The highest BCUT2D eigenvalue weighted by Gasteiger charge is 2.19. The third-order valence-corrected chi connectivity index (χ3v) is 3.97. The molecule has 0 aliphatic carbocycles. The van der Waals surface area contributed by atoms with E-state index in [1.807, 2.05) is 0 Å². The average molecular weight is 421 g/mol. The number of nitrogens with zero attached hydrogens (tertiary/aromatic N) is 1. The summed E-state index contributed by atoms with van der Waals surface area (Å²) >= 11 is 6.13. The smallest absolute Gasteiger partial charge is 0.312 e. The Morgan fingerprint density at radius 1 is 1.24 bits per heavy atom. The van der Waals surface area contributed by atoms with Gasteiger partial charge in [-0.1, -0.05) is 22.0 Å². The lowest BCUT2D eigenvalue weighted by atomic mass is 10.2.